The van der Waals surface area contributed by atoms with Crippen molar-refractivity contribution < 1.29 is 101 Å². The van der Waals surface area contributed by atoms with Gasteiger partial charge in [0.05, 0.1) is 93.3 Å². The predicted molar refractivity (Wildman–Crippen MR) is 525 cm³/mol. The fourth-order valence-corrected chi connectivity index (χ4v) is 13.9. The number of benzene rings is 4. The number of hydrogen-bond acceptors (Lipinski definition) is 26. The lowest BCUT2D eigenvalue weighted by molar-refractivity contribution is -0.146. The van der Waals surface area contributed by atoms with Gasteiger partial charge >= 0.3 is 23.9 Å². The lowest BCUT2D eigenvalue weighted by Gasteiger charge is -2.26. The molecule has 0 bridgehead atoms. The SMILES string of the molecule is CC(C)C(=O)C[C@@H](Cc1ccccn1)C(=O)N[C@@H](Cc1ccccc1)C(=O)C1(C)CO1.CC(C)C(=O)C[C@@H](Cc1ccccn1)C(=O)O.CC(C)C(=O)O.CC1(C(=O)[C@@H](N)Cc2ccccc2)CO1.C[C@@H](Cc1ccccn1)C(=O)O.C[C@H](NC(=O)CN1CCOCC1)C(=O)C[C@@H](Cc1ccccn1)C(=O)N[C@@H](Cc1ccccc1)C(=O)C1(C)CO1.N[C@@H](Cc1ccccn1)C(=O)OCc1ccccc1. The molecule has 9 heterocycles. The second-order valence-electron chi connectivity index (χ2n) is 36.4. The lowest BCUT2D eigenvalue weighted by Crippen LogP contribution is -2.50. The van der Waals surface area contributed by atoms with Crippen LogP contribution in [-0.4, -0.2) is 221 Å². The molecule has 32 nitrogen and oxygen atoms in total. The van der Waals surface area contributed by atoms with Gasteiger partial charge in [-0.15, -0.1) is 0 Å². The number of hydrogen-bond donors (Lipinski definition) is 8. The number of aromatic nitrogens is 5. The molecule has 13 rings (SSSR count). The number of carboxylic acid groups (broad SMARTS) is 3. The fraction of sp³-hybridized carbons (Fsp3) is 0.426. The van der Waals surface area contributed by atoms with Crippen molar-refractivity contribution in [1.82, 2.24) is 45.8 Å². The van der Waals surface area contributed by atoms with Crippen LogP contribution in [0.4, 0.5) is 0 Å². The molecule has 3 unspecified atom stereocenters. The number of carbonyl (C=O) groups excluding carboxylic acids is 10. The van der Waals surface area contributed by atoms with Crippen molar-refractivity contribution in [3.63, 3.8) is 0 Å². The van der Waals surface area contributed by atoms with Crippen molar-refractivity contribution in [3.8, 4) is 0 Å². The molecule has 5 aromatic heterocycles. The van der Waals surface area contributed by atoms with E-state index in [1.165, 1.54) is 0 Å². The van der Waals surface area contributed by atoms with Crippen LogP contribution in [0, 0.1) is 41.4 Å². The molecule has 0 radical (unpaired) electrons. The van der Waals surface area contributed by atoms with Gasteiger partial charge in [0.25, 0.3) is 0 Å². The Kier molecular flexibility index (Phi) is 47.5. The zero-order valence-corrected chi connectivity index (χ0v) is 81.7. The van der Waals surface area contributed by atoms with Crippen LogP contribution in [0.3, 0.4) is 0 Å². The minimum absolute atomic E-state index is 0.00588. The van der Waals surface area contributed by atoms with Crippen LogP contribution in [0.1, 0.15) is 146 Å². The first-order chi connectivity index (χ1) is 66.7. The van der Waals surface area contributed by atoms with Crippen LogP contribution in [0.15, 0.2) is 243 Å². The average molecular weight is 1920 g/mol. The normalized spacial score (nSPS) is 17.7. The number of epoxide rings is 3. The molecule has 32 heteroatoms. The molecule has 140 heavy (non-hydrogen) atoms. The van der Waals surface area contributed by atoms with E-state index in [1.54, 1.807) is 118 Å². The monoisotopic (exact) mass is 1920 g/mol. The summed E-state index contributed by atoms with van der Waals surface area (Å²) in [6, 6.07) is 62.2. The maximum Gasteiger partial charge on any atom is 0.323 e. The molecule has 4 fully saturated rings. The Morgan fingerprint density at radius 1 is 0.371 bits per heavy atom. The Labute approximate surface area is 819 Å². The van der Waals surface area contributed by atoms with Crippen molar-refractivity contribution in [2.45, 2.75) is 200 Å². The number of esters is 1. The Hall–Kier alpha value is -13.3. The van der Waals surface area contributed by atoms with E-state index in [0.29, 0.717) is 102 Å². The third-order valence-corrected chi connectivity index (χ3v) is 23.2. The number of rotatable bonds is 44. The highest BCUT2D eigenvalue weighted by atomic mass is 16.6. The molecule has 748 valence electrons. The van der Waals surface area contributed by atoms with E-state index in [0.717, 1.165) is 39.3 Å². The van der Waals surface area contributed by atoms with Crippen molar-refractivity contribution in [2.24, 2.45) is 52.9 Å². The van der Waals surface area contributed by atoms with Gasteiger partial charge in [-0.05, 0) is 130 Å². The Morgan fingerprint density at radius 2 is 0.693 bits per heavy atom. The van der Waals surface area contributed by atoms with E-state index in [-0.39, 0.29) is 109 Å². The van der Waals surface area contributed by atoms with E-state index in [1.807, 2.05) is 207 Å². The molecule has 4 saturated heterocycles. The second-order valence-corrected chi connectivity index (χ2v) is 36.4. The number of morpholine rings is 1. The first-order valence-corrected chi connectivity index (χ1v) is 47.1. The topological polar surface area (TPSA) is 494 Å². The van der Waals surface area contributed by atoms with Crippen molar-refractivity contribution in [3.05, 3.63) is 294 Å². The number of nitrogens with two attached hydrogens (primary N) is 2. The van der Waals surface area contributed by atoms with Crippen LogP contribution in [0.25, 0.3) is 0 Å². The lowest BCUT2D eigenvalue weighted by atomic mass is 9.90. The number of aliphatic carboxylic acids is 3. The number of pyridine rings is 5. The Morgan fingerprint density at radius 3 is 1.03 bits per heavy atom. The summed E-state index contributed by atoms with van der Waals surface area (Å²) in [6.45, 7) is 23.1. The summed E-state index contributed by atoms with van der Waals surface area (Å²) < 4.78 is 26.3. The van der Waals surface area contributed by atoms with Crippen molar-refractivity contribution >= 4 is 76.3 Å². The molecular formula is C108H135N11O21. The van der Waals surface area contributed by atoms with E-state index in [2.05, 4.69) is 40.9 Å². The van der Waals surface area contributed by atoms with Gasteiger partial charge in [0.1, 0.15) is 41.0 Å². The van der Waals surface area contributed by atoms with E-state index < -0.39 is 94.6 Å². The summed E-state index contributed by atoms with van der Waals surface area (Å²) in [5, 5.41) is 34.3. The molecule has 9 aromatic rings. The summed E-state index contributed by atoms with van der Waals surface area (Å²) in [7, 11) is 0. The highest BCUT2D eigenvalue weighted by Gasteiger charge is 2.52. The highest BCUT2D eigenvalue weighted by molar-refractivity contribution is 5.99. The quantitative estimate of drug-likeness (QED) is 0.0130. The Balaban J connectivity index is 0.000000236. The molecule has 0 saturated carbocycles. The highest BCUT2D eigenvalue weighted by Crippen LogP contribution is 2.32. The zero-order valence-electron chi connectivity index (χ0n) is 81.7. The maximum atomic E-state index is 13.7. The van der Waals surface area contributed by atoms with Gasteiger partial charge in [-0.3, -0.25) is 92.1 Å². The predicted octanol–water partition coefficient (Wildman–Crippen LogP) is 10.7. The number of amides is 3. The third-order valence-electron chi connectivity index (χ3n) is 23.2. The minimum atomic E-state index is -0.940. The number of carbonyl (C=O) groups is 13. The molecule has 0 aliphatic carbocycles. The number of nitrogens with zero attached hydrogens (tertiary/aromatic N) is 6. The summed E-state index contributed by atoms with van der Waals surface area (Å²) in [4.78, 5) is 181. The van der Waals surface area contributed by atoms with Gasteiger partial charge < -0.3 is 66.4 Å². The zero-order chi connectivity index (χ0) is 102. The number of ketones is 6. The van der Waals surface area contributed by atoms with E-state index >= 15 is 0 Å². The van der Waals surface area contributed by atoms with Gasteiger partial charge in [-0.25, -0.2) is 0 Å². The largest absolute Gasteiger partial charge is 0.481 e. The minimum Gasteiger partial charge on any atom is -0.481 e. The summed E-state index contributed by atoms with van der Waals surface area (Å²) in [6.07, 6.45) is 11.3. The molecule has 4 aliphatic heterocycles. The number of ether oxygens (including phenoxy) is 5. The molecule has 10 N–H and O–H groups in total. The van der Waals surface area contributed by atoms with Crippen LogP contribution in [-0.2, 0) is 144 Å². The molecule has 3 amide bonds. The standard InChI is InChI=1S/C30H38N4O6.C25H30N2O4.C15H16N2O2.C13H17NO3.C12H15NO2.C9H11NO2.C4H8O2/c1-21(32-27(36)19-34-12-14-39-15-13-34)26(35)18-23(17-24-10-6-7-11-31-24)29(38)33-25(28(37)30(2)20-40-30)16-22-8-4-3-5-9-22;1-17(2)22(28)15-19(14-20-11-7-8-12-26-20)24(30)27-21(23(29)25(3)16-31-25)13-18-9-5-4-6-10-18;16-14(10-13-8-4-5-9-17-13)15(18)19-11-12-6-2-1-3-7-12;1-9(2)12(15)8-10(13(16)17)7-11-5-3-4-6-14-11;1-12(8-15-12)11(14)10(13)7-9-5-3-2-4-6-9;1-7(9(11)12)6-8-4-2-3-5-10-8;1-3(2)4(5)6/h3-11,21,23,25H,12-20H2,1-2H3,(H,32,36)(H,33,38);4-12,17,19,21H,13-16H2,1-3H3,(H,27,30);1-9,14H,10-11,16H2;3-6,9-10H,7-8H2,1-2H3,(H,16,17);2-6,10H,7-8,13H2,1H3;2-5,7H,6H2,1H3,(H,11,12);3H,1-2H3,(H,5,6)/t21-,23+,25-,30?;19-,21+,25?;14-;10-;10-,12?;7-;/m010100./s1. The molecule has 0 spiro atoms. The van der Waals surface area contributed by atoms with Gasteiger partial charge in [0, 0.05) is 136 Å². The van der Waals surface area contributed by atoms with Gasteiger partial charge in [-0.1, -0.05) is 200 Å². The first-order valence-electron chi connectivity index (χ1n) is 47.1. The maximum absolute atomic E-state index is 13.7. The van der Waals surface area contributed by atoms with Crippen LogP contribution in [0.5, 0.6) is 0 Å². The average Bonchev–Trinajstić information content (AvgIpc) is 1.64. The summed E-state index contributed by atoms with van der Waals surface area (Å²) >= 11 is 0. The van der Waals surface area contributed by atoms with E-state index in [9.17, 15) is 62.3 Å². The second kappa shape index (κ2) is 58.5. The molecule has 4 aliphatic rings. The van der Waals surface area contributed by atoms with Crippen LogP contribution in [0.2, 0.25) is 0 Å². The molecule has 12 atom stereocenters. The number of nitrogens with one attached hydrogen (secondary N) is 3. The Bertz CT molecular complexity index is 5350. The first kappa shape index (κ1) is 114. The van der Waals surface area contributed by atoms with Crippen LogP contribution >= 0.6 is 0 Å². The number of Topliss-reactive ketones (excluding diaryl/α,β-unsaturated/α-hetero) is 6. The van der Waals surface area contributed by atoms with Gasteiger partial charge in [0.15, 0.2) is 23.1 Å². The van der Waals surface area contributed by atoms with E-state index in [4.69, 9.17) is 50.5 Å². The molecule has 4 aromatic carbocycles. The summed E-state index contributed by atoms with van der Waals surface area (Å²) in [5.74, 6) is -7.38. The molecular weight excluding hydrogens is 1790 g/mol. The third kappa shape index (κ3) is 42.2. The summed E-state index contributed by atoms with van der Waals surface area (Å²) in [5.41, 5.74) is 16.9. The van der Waals surface area contributed by atoms with Crippen molar-refractivity contribution in [2.75, 3.05) is 52.7 Å². The number of carboxylic acids is 3. The fourth-order valence-electron chi connectivity index (χ4n) is 13.9. The van der Waals surface area contributed by atoms with Gasteiger partial charge in [-0.2, -0.15) is 0 Å². The van der Waals surface area contributed by atoms with Crippen LogP contribution < -0.4 is 27.4 Å². The van der Waals surface area contributed by atoms with Gasteiger partial charge in [0.2, 0.25) is 17.7 Å². The smallest absolute Gasteiger partial charge is 0.323 e. The van der Waals surface area contributed by atoms with Crippen molar-refractivity contribution in [1.29, 1.82) is 0 Å².